The number of nitrogens with one attached hydrogen (secondary N) is 1. The number of para-hydroxylation sites is 1. The van der Waals surface area contributed by atoms with Crippen molar-refractivity contribution in [1.29, 1.82) is 0 Å². The average molecular weight is 419 g/mol. The molecule has 0 aromatic heterocycles. The van der Waals surface area contributed by atoms with E-state index >= 15 is 0 Å². The second-order valence-electron chi connectivity index (χ2n) is 8.37. The van der Waals surface area contributed by atoms with E-state index in [1.807, 2.05) is 66.7 Å². The highest BCUT2D eigenvalue weighted by molar-refractivity contribution is 5.44. The summed E-state index contributed by atoms with van der Waals surface area (Å²) in [6.07, 6.45) is 2.85. The molecule has 1 aliphatic heterocycles. The van der Waals surface area contributed by atoms with Crippen LogP contribution < -0.4 is 5.32 Å². The molecule has 4 rings (SSSR count). The van der Waals surface area contributed by atoms with Crippen LogP contribution in [0.15, 0.2) is 84.9 Å². The number of piperidine rings is 1. The molecule has 3 aromatic rings. The Kier molecular flexibility index (Phi) is 7.00. The van der Waals surface area contributed by atoms with Gasteiger partial charge in [0.1, 0.15) is 11.4 Å². The van der Waals surface area contributed by atoms with Crippen LogP contribution in [0.4, 0.5) is 10.1 Å². The molecule has 4 heteroatoms. The van der Waals surface area contributed by atoms with Crippen molar-refractivity contribution < 1.29 is 9.50 Å². The Bertz CT molecular complexity index is 900. The Balaban J connectivity index is 1.35. The SMILES string of the molecule is OC(c1ccccc1)(c1ccccc1)C1CCN(CCCNc2ccccc2F)CC1. The van der Waals surface area contributed by atoms with Crippen LogP contribution >= 0.6 is 0 Å². The predicted molar refractivity (Wildman–Crippen MR) is 125 cm³/mol. The fourth-order valence-corrected chi connectivity index (χ4v) is 4.73. The first kappa shape index (κ1) is 21.5. The van der Waals surface area contributed by atoms with Gasteiger partial charge in [0.15, 0.2) is 0 Å². The van der Waals surface area contributed by atoms with Crippen LogP contribution in [0, 0.1) is 11.7 Å². The van der Waals surface area contributed by atoms with Gasteiger partial charge in [-0.1, -0.05) is 72.8 Å². The van der Waals surface area contributed by atoms with Crippen molar-refractivity contribution in [2.75, 3.05) is 31.5 Å². The summed E-state index contributed by atoms with van der Waals surface area (Å²) in [5.41, 5.74) is 1.53. The Morgan fingerprint density at radius 2 is 1.39 bits per heavy atom. The summed E-state index contributed by atoms with van der Waals surface area (Å²) in [6.45, 7) is 3.65. The molecule has 0 unspecified atom stereocenters. The second-order valence-corrected chi connectivity index (χ2v) is 8.37. The molecular weight excluding hydrogens is 387 g/mol. The van der Waals surface area contributed by atoms with Crippen molar-refractivity contribution in [3.8, 4) is 0 Å². The molecule has 0 bridgehead atoms. The normalized spacial score (nSPS) is 15.7. The first-order valence-electron chi connectivity index (χ1n) is 11.2. The second kappa shape index (κ2) is 10.1. The van der Waals surface area contributed by atoms with Gasteiger partial charge in [-0.05, 0) is 68.1 Å². The smallest absolute Gasteiger partial charge is 0.146 e. The monoisotopic (exact) mass is 418 g/mol. The van der Waals surface area contributed by atoms with Crippen LogP contribution in [-0.4, -0.2) is 36.2 Å². The van der Waals surface area contributed by atoms with Gasteiger partial charge in [-0.15, -0.1) is 0 Å². The number of hydrogen-bond donors (Lipinski definition) is 2. The van der Waals surface area contributed by atoms with E-state index in [1.165, 1.54) is 6.07 Å². The Morgan fingerprint density at radius 3 is 1.97 bits per heavy atom. The average Bonchev–Trinajstić information content (AvgIpc) is 2.84. The van der Waals surface area contributed by atoms with E-state index in [1.54, 1.807) is 12.1 Å². The number of rotatable bonds is 8. The summed E-state index contributed by atoms with van der Waals surface area (Å²) in [5, 5.41) is 15.2. The molecular formula is C27H31FN2O. The van der Waals surface area contributed by atoms with Crippen molar-refractivity contribution >= 4 is 5.69 Å². The molecule has 0 atom stereocenters. The van der Waals surface area contributed by atoms with Gasteiger partial charge in [0.2, 0.25) is 0 Å². The Labute approximate surface area is 184 Å². The molecule has 3 nitrogen and oxygen atoms in total. The van der Waals surface area contributed by atoms with Crippen LogP contribution in [0.5, 0.6) is 0 Å². The maximum atomic E-state index is 13.7. The van der Waals surface area contributed by atoms with E-state index in [0.29, 0.717) is 5.69 Å². The molecule has 0 amide bonds. The third-order valence-electron chi connectivity index (χ3n) is 6.45. The summed E-state index contributed by atoms with van der Waals surface area (Å²) in [5.74, 6) is -0.0329. The van der Waals surface area contributed by atoms with Crippen molar-refractivity contribution in [3.63, 3.8) is 0 Å². The molecule has 1 aliphatic rings. The van der Waals surface area contributed by atoms with Crippen molar-refractivity contribution in [2.45, 2.75) is 24.9 Å². The highest BCUT2D eigenvalue weighted by Crippen LogP contribution is 2.41. The highest BCUT2D eigenvalue weighted by Gasteiger charge is 2.41. The Hall–Kier alpha value is -2.69. The molecule has 1 heterocycles. The third kappa shape index (κ3) is 4.97. The summed E-state index contributed by atoms with van der Waals surface area (Å²) in [7, 11) is 0. The molecule has 0 saturated carbocycles. The minimum absolute atomic E-state index is 0.171. The fourth-order valence-electron chi connectivity index (χ4n) is 4.73. The topological polar surface area (TPSA) is 35.5 Å². The van der Waals surface area contributed by atoms with E-state index in [-0.39, 0.29) is 11.7 Å². The van der Waals surface area contributed by atoms with Crippen LogP contribution in [0.3, 0.4) is 0 Å². The zero-order chi connectivity index (χ0) is 21.5. The number of halogens is 1. The molecule has 1 fully saturated rings. The van der Waals surface area contributed by atoms with E-state index < -0.39 is 5.60 Å². The van der Waals surface area contributed by atoms with Gasteiger partial charge in [-0.25, -0.2) is 4.39 Å². The lowest BCUT2D eigenvalue weighted by molar-refractivity contribution is -0.0141. The molecule has 2 N–H and O–H groups in total. The van der Waals surface area contributed by atoms with Crippen molar-refractivity contribution in [1.82, 2.24) is 4.90 Å². The van der Waals surface area contributed by atoms with Gasteiger partial charge < -0.3 is 15.3 Å². The van der Waals surface area contributed by atoms with Gasteiger partial charge >= 0.3 is 0 Å². The lowest BCUT2D eigenvalue weighted by atomic mass is 9.72. The van der Waals surface area contributed by atoms with E-state index in [0.717, 1.165) is 56.6 Å². The summed E-state index contributed by atoms with van der Waals surface area (Å²) in [6, 6.07) is 26.9. The van der Waals surface area contributed by atoms with Crippen molar-refractivity contribution in [3.05, 3.63) is 102 Å². The summed E-state index contributed by atoms with van der Waals surface area (Å²) >= 11 is 0. The van der Waals surface area contributed by atoms with Crippen LogP contribution in [-0.2, 0) is 5.60 Å². The zero-order valence-corrected chi connectivity index (χ0v) is 17.9. The molecule has 3 aromatic carbocycles. The Morgan fingerprint density at radius 1 is 0.839 bits per heavy atom. The largest absolute Gasteiger partial charge is 0.383 e. The lowest BCUT2D eigenvalue weighted by Gasteiger charge is -2.42. The zero-order valence-electron chi connectivity index (χ0n) is 17.9. The van der Waals surface area contributed by atoms with Gasteiger partial charge in [0.05, 0.1) is 5.69 Å². The van der Waals surface area contributed by atoms with E-state index in [2.05, 4.69) is 10.2 Å². The molecule has 31 heavy (non-hydrogen) atoms. The standard InChI is InChI=1S/C27H31FN2O/c28-25-14-7-8-15-26(25)29-18-9-19-30-20-16-24(17-21-30)27(31,22-10-3-1-4-11-22)23-12-5-2-6-13-23/h1-8,10-15,24,29,31H,9,16-21H2. The van der Waals surface area contributed by atoms with Crippen LogP contribution in [0.2, 0.25) is 0 Å². The first-order chi connectivity index (χ1) is 15.2. The summed E-state index contributed by atoms with van der Waals surface area (Å²) < 4.78 is 13.7. The van der Waals surface area contributed by atoms with E-state index in [9.17, 15) is 9.50 Å². The van der Waals surface area contributed by atoms with E-state index in [4.69, 9.17) is 0 Å². The lowest BCUT2D eigenvalue weighted by Crippen LogP contribution is -2.44. The molecule has 1 saturated heterocycles. The summed E-state index contributed by atoms with van der Waals surface area (Å²) in [4.78, 5) is 2.45. The molecule has 0 aliphatic carbocycles. The van der Waals surface area contributed by atoms with Gasteiger partial charge in [-0.2, -0.15) is 0 Å². The number of anilines is 1. The van der Waals surface area contributed by atoms with Crippen molar-refractivity contribution in [2.24, 2.45) is 5.92 Å². The van der Waals surface area contributed by atoms with Gasteiger partial charge in [0, 0.05) is 6.54 Å². The number of benzene rings is 3. The highest BCUT2D eigenvalue weighted by atomic mass is 19.1. The molecule has 0 radical (unpaired) electrons. The third-order valence-corrected chi connectivity index (χ3v) is 6.45. The number of aliphatic hydroxyl groups is 1. The first-order valence-corrected chi connectivity index (χ1v) is 11.2. The fraction of sp³-hybridized carbons (Fsp3) is 0.333. The predicted octanol–water partition coefficient (Wildman–Crippen LogP) is 5.28. The quantitative estimate of drug-likeness (QED) is 0.489. The maximum absolute atomic E-state index is 13.7. The van der Waals surface area contributed by atoms with Gasteiger partial charge in [0.25, 0.3) is 0 Å². The molecule has 162 valence electrons. The maximum Gasteiger partial charge on any atom is 0.146 e. The van der Waals surface area contributed by atoms with Gasteiger partial charge in [-0.3, -0.25) is 0 Å². The number of nitrogens with zero attached hydrogens (tertiary/aromatic N) is 1. The van der Waals surface area contributed by atoms with Crippen LogP contribution in [0.1, 0.15) is 30.4 Å². The minimum Gasteiger partial charge on any atom is -0.383 e. The minimum atomic E-state index is -0.971. The molecule has 0 spiro atoms. The number of hydrogen-bond acceptors (Lipinski definition) is 3. The van der Waals surface area contributed by atoms with Crippen LogP contribution in [0.25, 0.3) is 0 Å². The number of likely N-dealkylation sites (tertiary alicyclic amines) is 1.